The lowest BCUT2D eigenvalue weighted by Crippen LogP contribution is -2.35. The summed E-state index contributed by atoms with van der Waals surface area (Å²) in [5.41, 5.74) is 3.13. The molecule has 118 valence electrons. The van der Waals surface area contributed by atoms with Crippen LogP contribution in [0.4, 0.5) is 0 Å². The molecule has 0 bridgehead atoms. The van der Waals surface area contributed by atoms with E-state index in [9.17, 15) is 4.79 Å². The van der Waals surface area contributed by atoms with E-state index < -0.39 is 0 Å². The Labute approximate surface area is 136 Å². The first kappa shape index (κ1) is 16.7. The van der Waals surface area contributed by atoms with Crippen LogP contribution in [0.15, 0.2) is 24.3 Å². The molecule has 0 saturated carbocycles. The van der Waals surface area contributed by atoms with Crippen LogP contribution in [-0.2, 0) is 11.2 Å². The van der Waals surface area contributed by atoms with Crippen molar-refractivity contribution in [2.24, 2.45) is 5.41 Å². The molecule has 1 N–H and O–H groups in total. The van der Waals surface area contributed by atoms with E-state index in [0.717, 1.165) is 22.7 Å². The monoisotopic (exact) mass is 316 g/mol. The normalized spacial score (nSPS) is 11.5. The van der Waals surface area contributed by atoms with Crippen LogP contribution in [0.1, 0.15) is 36.9 Å². The topological polar surface area (TPSA) is 42.0 Å². The van der Waals surface area contributed by atoms with E-state index in [1.54, 1.807) is 11.3 Å². The van der Waals surface area contributed by atoms with Gasteiger partial charge in [0.2, 0.25) is 5.91 Å². The molecule has 0 aliphatic rings. The SMILES string of the molecule is Cc1cccc(-c2nc(C)c(CCNC(=O)C(C)(C)C)s2)c1. The number of hydrogen-bond acceptors (Lipinski definition) is 3. The number of rotatable bonds is 4. The second-order valence-corrected chi connectivity index (χ2v) is 7.74. The highest BCUT2D eigenvalue weighted by molar-refractivity contribution is 7.15. The zero-order valence-electron chi connectivity index (χ0n) is 14.0. The third-order valence-corrected chi connectivity index (χ3v) is 4.74. The highest BCUT2D eigenvalue weighted by Gasteiger charge is 2.20. The smallest absolute Gasteiger partial charge is 0.225 e. The van der Waals surface area contributed by atoms with Gasteiger partial charge in [0.25, 0.3) is 0 Å². The minimum Gasteiger partial charge on any atom is -0.355 e. The van der Waals surface area contributed by atoms with Crippen LogP contribution in [0.3, 0.4) is 0 Å². The molecule has 1 heterocycles. The molecule has 3 nitrogen and oxygen atoms in total. The van der Waals surface area contributed by atoms with Gasteiger partial charge in [-0.1, -0.05) is 44.5 Å². The molecule has 22 heavy (non-hydrogen) atoms. The van der Waals surface area contributed by atoms with Crippen LogP contribution in [0.2, 0.25) is 0 Å². The zero-order chi connectivity index (χ0) is 16.3. The summed E-state index contributed by atoms with van der Waals surface area (Å²) in [6.45, 7) is 10.6. The van der Waals surface area contributed by atoms with Crippen molar-refractivity contribution < 1.29 is 4.79 Å². The maximum Gasteiger partial charge on any atom is 0.225 e. The summed E-state index contributed by atoms with van der Waals surface area (Å²) < 4.78 is 0. The van der Waals surface area contributed by atoms with Crippen molar-refractivity contribution in [3.05, 3.63) is 40.4 Å². The number of nitrogens with zero attached hydrogens (tertiary/aromatic N) is 1. The summed E-state index contributed by atoms with van der Waals surface area (Å²) in [4.78, 5) is 17.8. The van der Waals surface area contributed by atoms with Gasteiger partial charge in [-0.3, -0.25) is 4.79 Å². The Balaban J connectivity index is 2.03. The number of hydrogen-bond donors (Lipinski definition) is 1. The molecule has 0 saturated heterocycles. The number of carbonyl (C=O) groups is 1. The molecule has 1 aromatic carbocycles. The summed E-state index contributed by atoms with van der Waals surface area (Å²) in [6, 6.07) is 8.40. The third kappa shape index (κ3) is 4.17. The van der Waals surface area contributed by atoms with Crippen molar-refractivity contribution in [3.63, 3.8) is 0 Å². The number of aryl methyl sites for hydroxylation is 2. The highest BCUT2D eigenvalue weighted by Crippen LogP contribution is 2.28. The Hall–Kier alpha value is -1.68. The van der Waals surface area contributed by atoms with Gasteiger partial charge in [-0.25, -0.2) is 4.98 Å². The molecule has 0 atom stereocenters. The zero-order valence-corrected chi connectivity index (χ0v) is 14.8. The van der Waals surface area contributed by atoms with Gasteiger partial charge in [0.15, 0.2) is 0 Å². The number of benzene rings is 1. The van der Waals surface area contributed by atoms with Gasteiger partial charge in [-0.2, -0.15) is 0 Å². The summed E-state index contributed by atoms with van der Waals surface area (Å²) >= 11 is 1.72. The van der Waals surface area contributed by atoms with Crippen LogP contribution in [0.5, 0.6) is 0 Å². The lowest BCUT2D eigenvalue weighted by molar-refractivity contribution is -0.128. The second kappa shape index (κ2) is 6.61. The molecule has 0 aliphatic heterocycles. The van der Waals surface area contributed by atoms with Gasteiger partial charge < -0.3 is 5.32 Å². The molecule has 1 amide bonds. The van der Waals surface area contributed by atoms with Crippen LogP contribution < -0.4 is 5.32 Å². The van der Waals surface area contributed by atoms with E-state index in [4.69, 9.17) is 0 Å². The van der Waals surface area contributed by atoms with Gasteiger partial charge in [0, 0.05) is 28.8 Å². The van der Waals surface area contributed by atoms with E-state index in [-0.39, 0.29) is 11.3 Å². The Morgan fingerprint density at radius 3 is 2.64 bits per heavy atom. The summed E-state index contributed by atoms with van der Waals surface area (Å²) in [5.74, 6) is 0.0913. The maximum absolute atomic E-state index is 11.9. The van der Waals surface area contributed by atoms with E-state index in [0.29, 0.717) is 6.54 Å². The van der Waals surface area contributed by atoms with Gasteiger partial charge in [0.05, 0.1) is 5.69 Å². The van der Waals surface area contributed by atoms with E-state index in [1.807, 2.05) is 27.7 Å². The average Bonchev–Trinajstić information content (AvgIpc) is 2.79. The summed E-state index contributed by atoms with van der Waals surface area (Å²) in [5, 5.41) is 4.05. The molecule has 1 aromatic heterocycles. The van der Waals surface area contributed by atoms with Crippen LogP contribution >= 0.6 is 11.3 Å². The molecule has 0 aliphatic carbocycles. The predicted molar refractivity (Wildman–Crippen MR) is 93.2 cm³/mol. The van der Waals surface area contributed by atoms with Crippen molar-refractivity contribution >= 4 is 17.2 Å². The Kier molecular flexibility index (Phi) is 5.01. The van der Waals surface area contributed by atoms with Crippen LogP contribution in [0.25, 0.3) is 10.6 Å². The first-order valence-electron chi connectivity index (χ1n) is 7.59. The summed E-state index contributed by atoms with van der Waals surface area (Å²) in [6.07, 6.45) is 0.830. The Bertz CT molecular complexity index is 668. The molecule has 0 fully saturated rings. The lowest BCUT2D eigenvalue weighted by atomic mass is 9.96. The van der Waals surface area contributed by atoms with Gasteiger partial charge in [-0.05, 0) is 19.9 Å². The van der Waals surface area contributed by atoms with Gasteiger partial charge in [0.1, 0.15) is 5.01 Å². The predicted octanol–water partition coefficient (Wildman–Crippen LogP) is 4.13. The quantitative estimate of drug-likeness (QED) is 0.921. The third-order valence-electron chi connectivity index (χ3n) is 3.48. The molecule has 0 spiro atoms. The number of aromatic nitrogens is 1. The van der Waals surface area contributed by atoms with Crippen LogP contribution in [-0.4, -0.2) is 17.4 Å². The fraction of sp³-hybridized carbons (Fsp3) is 0.444. The molecule has 2 aromatic rings. The van der Waals surface area contributed by atoms with E-state index in [1.165, 1.54) is 10.4 Å². The highest BCUT2D eigenvalue weighted by atomic mass is 32.1. The molecule has 0 unspecified atom stereocenters. The fourth-order valence-corrected chi connectivity index (χ4v) is 3.17. The maximum atomic E-state index is 11.9. The molecule has 2 rings (SSSR count). The van der Waals surface area contributed by atoms with Crippen molar-refractivity contribution in [3.8, 4) is 10.6 Å². The first-order chi connectivity index (χ1) is 10.3. The van der Waals surface area contributed by atoms with Gasteiger partial charge in [-0.15, -0.1) is 11.3 Å². The Morgan fingerprint density at radius 1 is 1.27 bits per heavy atom. The number of nitrogens with one attached hydrogen (secondary N) is 1. The second-order valence-electron chi connectivity index (χ2n) is 6.65. The van der Waals surface area contributed by atoms with Crippen molar-refractivity contribution in [1.29, 1.82) is 0 Å². The average molecular weight is 316 g/mol. The number of carbonyl (C=O) groups excluding carboxylic acids is 1. The minimum atomic E-state index is -0.338. The minimum absolute atomic E-state index is 0.0913. The molecular weight excluding hydrogens is 292 g/mol. The fourth-order valence-electron chi connectivity index (χ4n) is 2.12. The molecular formula is C18H24N2OS. The number of amides is 1. The molecule has 4 heteroatoms. The molecule has 0 radical (unpaired) electrons. The van der Waals surface area contributed by atoms with Crippen molar-refractivity contribution in [1.82, 2.24) is 10.3 Å². The number of thiazole rings is 1. The summed E-state index contributed by atoms with van der Waals surface area (Å²) in [7, 11) is 0. The van der Waals surface area contributed by atoms with E-state index in [2.05, 4.69) is 41.5 Å². The van der Waals surface area contributed by atoms with Crippen molar-refractivity contribution in [2.75, 3.05) is 6.54 Å². The lowest BCUT2D eigenvalue weighted by Gasteiger charge is -2.17. The van der Waals surface area contributed by atoms with Gasteiger partial charge >= 0.3 is 0 Å². The first-order valence-corrected chi connectivity index (χ1v) is 8.40. The Morgan fingerprint density at radius 2 is 2.00 bits per heavy atom. The van der Waals surface area contributed by atoms with Crippen LogP contribution in [0, 0.1) is 19.3 Å². The van der Waals surface area contributed by atoms with Crippen molar-refractivity contribution in [2.45, 2.75) is 41.0 Å². The van der Waals surface area contributed by atoms with E-state index >= 15 is 0 Å². The standard InChI is InChI=1S/C18H24N2OS/c1-12-7-6-8-14(11-12)16-20-13(2)15(22-16)9-10-19-17(21)18(3,4)5/h6-8,11H,9-10H2,1-5H3,(H,19,21). The largest absolute Gasteiger partial charge is 0.355 e.